The first-order valence-corrected chi connectivity index (χ1v) is 6.90. The van der Waals surface area contributed by atoms with Crippen molar-refractivity contribution in [3.8, 4) is 0 Å². The number of fused-ring (bicyclic) bond motifs is 1. The molecule has 0 aliphatic rings. The van der Waals surface area contributed by atoms with Gasteiger partial charge in [0.05, 0.1) is 6.20 Å². The normalized spacial score (nSPS) is 10.6. The van der Waals surface area contributed by atoms with Crippen LogP contribution in [0.2, 0.25) is 0 Å². The summed E-state index contributed by atoms with van der Waals surface area (Å²) < 4.78 is 1.43. The van der Waals surface area contributed by atoms with Crippen LogP contribution in [0.3, 0.4) is 0 Å². The van der Waals surface area contributed by atoms with Gasteiger partial charge >= 0.3 is 0 Å². The minimum atomic E-state index is -0.324. The second kappa shape index (κ2) is 5.44. The van der Waals surface area contributed by atoms with Crippen LogP contribution in [-0.2, 0) is 0 Å². The summed E-state index contributed by atoms with van der Waals surface area (Å²) in [6, 6.07) is 10.8. The number of hydrogen-bond donors (Lipinski definition) is 1. The molecule has 0 saturated carbocycles. The van der Waals surface area contributed by atoms with Crippen LogP contribution in [0.1, 0.15) is 21.5 Å². The fourth-order valence-electron chi connectivity index (χ4n) is 2.25. The maximum absolute atomic E-state index is 12.4. The summed E-state index contributed by atoms with van der Waals surface area (Å²) in [5, 5.41) is 2.63. The molecule has 0 fully saturated rings. The molecule has 0 spiro atoms. The van der Waals surface area contributed by atoms with Gasteiger partial charge in [-0.25, -0.2) is 4.98 Å². The van der Waals surface area contributed by atoms with E-state index in [1.807, 2.05) is 26.0 Å². The Balaban J connectivity index is 1.99. The van der Waals surface area contributed by atoms with Crippen molar-refractivity contribution in [2.45, 2.75) is 13.8 Å². The van der Waals surface area contributed by atoms with Gasteiger partial charge in [0.25, 0.3) is 11.5 Å². The number of pyridine rings is 1. The second-order valence-corrected chi connectivity index (χ2v) is 5.24. The van der Waals surface area contributed by atoms with Crippen molar-refractivity contribution in [1.29, 1.82) is 0 Å². The molecule has 0 atom stereocenters. The van der Waals surface area contributed by atoms with E-state index in [4.69, 9.17) is 0 Å². The molecular formula is C17H15N3O2. The number of carbonyl (C=O) groups excluding carboxylic acids is 1. The molecule has 0 bridgehead atoms. The molecule has 2 heterocycles. The number of aromatic nitrogens is 2. The van der Waals surface area contributed by atoms with Crippen molar-refractivity contribution in [3.05, 3.63) is 75.8 Å². The highest BCUT2D eigenvalue weighted by atomic mass is 16.2. The highest BCUT2D eigenvalue weighted by molar-refractivity contribution is 6.04. The van der Waals surface area contributed by atoms with E-state index in [2.05, 4.69) is 10.3 Å². The molecule has 0 unspecified atom stereocenters. The van der Waals surface area contributed by atoms with E-state index in [1.54, 1.807) is 30.5 Å². The van der Waals surface area contributed by atoms with E-state index in [0.29, 0.717) is 11.2 Å². The molecular weight excluding hydrogens is 278 g/mol. The highest BCUT2D eigenvalue weighted by Gasteiger charge is 2.10. The summed E-state index contributed by atoms with van der Waals surface area (Å²) in [6.45, 7) is 3.80. The van der Waals surface area contributed by atoms with Gasteiger partial charge in [-0.2, -0.15) is 0 Å². The number of benzene rings is 1. The van der Waals surface area contributed by atoms with Gasteiger partial charge < -0.3 is 5.32 Å². The summed E-state index contributed by atoms with van der Waals surface area (Å²) in [6.07, 6.45) is 3.09. The van der Waals surface area contributed by atoms with Crippen molar-refractivity contribution in [1.82, 2.24) is 9.38 Å². The molecule has 0 radical (unpaired) electrons. The SMILES string of the molecule is Cc1cccc(C(=O)Nc2cnc3ccc(C)cn3c2=O)c1. The van der Waals surface area contributed by atoms with Gasteiger partial charge in [0.1, 0.15) is 11.3 Å². The van der Waals surface area contributed by atoms with Gasteiger partial charge in [-0.15, -0.1) is 0 Å². The predicted octanol–water partition coefficient (Wildman–Crippen LogP) is 2.56. The van der Waals surface area contributed by atoms with Gasteiger partial charge in [0.2, 0.25) is 0 Å². The molecule has 3 rings (SSSR count). The molecule has 1 amide bonds. The average Bonchev–Trinajstić information content (AvgIpc) is 2.50. The van der Waals surface area contributed by atoms with Crippen LogP contribution < -0.4 is 10.9 Å². The lowest BCUT2D eigenvalue weighted by atomic mass is 10.1. The van der Waals surface area contributed by atoms with E-state index in [9.17, 15) is 9.59 Å². The lowest BCUT2D eigenvalue weighted by molar-refractivity contribution is 0.102. The zero-order valence-electron chi connectivity index (χ0n) is 12.3. The topological polar surface area (TPSA) is 63.5 Å². The standard InChI is InChI=1S/C17H15N3O2/c1-11-4-3-5-13(8-11)16(21)19-14-9-18-15-7-6-12(2)10-20(15)17(14)22/h3-10H,1-2H3,(H,19,21). The number of nitrogens with zero attached hydrogens (tertiary/aromatic N) is 2. The summed E-state index contributed by atoms with van der Waals surface area (Å²) in [5.74, 6) is -0.324. The van der Waals surface area contributed by atoms with Crippen LogP contribution >= 0.6 is 0 Å². The largest absolute Gasteiger partial charge is 0.316 e. The Hall–Kier alpha value is -2.95. The third-order valence-electron chi connectivity index (χ3n) is 3.38. The fourth-order valence-corrected chi connectivity index (χ4v) is 2.25. The van der Waals surface area contributed by atoms with Crippen molar-refractivity contribution >= 4 is 17.2 Å². The molecule has 0 saturated heterocycles. The number of aryl methyl sites for hydroxylation is 2. The van der Waals surface area contributed by atoms with E-state index >= 15 is 0 Å². The van der Waals surface area contributed by atoms with Crippen molar-refractivity contribution in [2.75, 3.05) is 5.32 Å². The number of carbonyl (C=O) groups is 1. The number of rotatable bonds is 2. The molecule has 22 heavy (non-hydrogen) atoms. The Labute approximate surface area is 127 Å². The average molecular weight is 293 g/mol. The third kappa shape index (κ3) is 2.61. The van der Waals surface area contributed by atoms with Crippen LogP contribution in [-0.4, -0.2) is 15.3 Å². The van der Waals surface area contributed by atoms with Crippen LogP contribution in [0.4, 0.5) is 5.69 Å². The molecule has 1 N–H and O–H groups in total. The van der Waals surface area contributed by atoms with Crippen molar-refractivity contribution < 1.29 is 4.79 Å². The molecule has 110 valence electrons. The van der Waals surface area contributed by atoms with E-state index in [1.165, 1.54) is 10.6 Å². The molecule has 3 aromatic rings. The number of hydrogen-bond acceptors (Lipinski definition) is 3. The maximum Gasteiger partial charge on any atom is 0.281 e. The second-order valence-electron chi connectivity index (χ2n) is 5.24. The van der Waals surface area contributed by atoms with Gasteiger partial charge in [-0.1, -0.05) is 23.8 Å². The van der Waals surface area contributed by atoms with Gasteiger partial charge in [0, 0.05) is 11.8 Å². The molecule has 0 aliphatic carbocycles. The summed E-state index contributed by atoms with van der Waals surface area (Å²) in [5.41, 5.74) is 2.84. The molecule has 5 heteroatoms. The predicted molar refractivity (Wildman–Crippen MR) is 85.3 cm³/mol. The Morgan fingerprint density at radius 1 is 1.14 bits per heavy atom. The zero-order valence-corrected chi connectivity index (χ0v) is 12.3. The van der Waals surface area contributed by atoms with Crippen molar-refractivity contribution in [3.63, 3.8) is 0 Å². The first-order chi connectivity index (χ1) is 10.5. The Morgan fingerprint density at radius 2 is 1.95 bits per heavy atom. The van der Waals surface area contributed by atoms with Crippen molar-refractivity contribution in [2.24, 2.45) is 0 Å². The smallest absolute Gasteiger partial charge is 0.281 e. The zero-order chi connectivity index (χ0) is 15.7. The van der Waals surface area contributed by atoms with Crippen LogP contribution in [0.25, 0.3) is 5.65 Å². The molecule has 2 aromatic heterocycles. The summed E-state index contributed by atoms with van der Waals surface area (Å²) >= 11 is 0. The summed E-state index contributed by atoms with van der Waals surface area (Å²) in [7, 11) is 0. The minimum Gasteiger partial charge on any atom is -0.316 e. The Morgan fingerprint density at radius 3 is 2.73 bits per heavy atom. The lowest BCUT2D eigenvalue weighted by Gasteiger charge is -2.07. The lowest BCUT2D eigenvalue weighted by Crippen LogP contribution is -2.23. The number of amides is 1. The monoisotopic (exact) mass is 293 g/mol. The van der Waals surface area contributed by atoms with Crippen LogP contribution in [0.5, 0.6) is 0 Å². The van der Waals surface area contributed by atoms with Gasteiger partial charge in [0.15, 0.2) is 0 Å². The third-order valence-corrected chi connectivity index (χ3v) is 3.38. The number of nitrogens with one attached hydrogen (secondary N) is 1. The van der Waals surface area contributed by atoms with E-state index in [-0.39, 0.29) is 17.2 Å². The Kier molecular flexibility index (Phi) is 3.47. The van der Waals surface area contributed by atoms with E-state index < -0.39 is 0 Å². The quantitative estimate of drug-likeness (QED) is 0.790. The number of anilines is 1. The van der Waals surface area contributed by atoms with Gasteiger partial charge in [-0.05, 0) is 37.6 Å². The first-order valence-electron chi connectivity index (χ1n) is 6.90. The molecule has 1 aromatic carbocycles. The summed E-state index contributed by atoms with van der Waals surface area (Å²) in [4.78, 5) is 28.9. The van der Waals surface area contributed by atoms with Gasteiger partial charge in [-0.3, -0.25) is 14.0 Å². The van der Waals surface area contributed by atoms with Crippen LogP contribution in [0.15, 0.2) is 53.6 Å². The van der Waals surface area contributed by atoms with Crippen LogP contribution in [0, 0.1) is 13.8 Å². The highest BCUT2D eigenvalue weighted by Crippen LogP contribution is 2.08. The first kappa shape index (κ1) is 14.0. The minimum absolute atomic E-state index is 0.162. The Bertz CT molecular complexity index is 929. The molecule has 0 aliphatic heterocycles. The fraction of sp³-hybridized carbons (Fsp3) is 0.118. The molecule has 5 nitrogen and oxygen atoms in total. The van der Waals surface area contributed by atoms with E-state index in [0.717, 1.165) is 11.1 Å². The maximum atomic E-state index is 12.4.